The van der Waals surface area contributed by atoms with Crippen molar-refractivity contribution in [3.63, 3.8) is 0 Å². The van der Waals surface area contributed by atoms with E-state index in [2.05, 4.69) is 46.9 Å². The number of carbonyl (C=O) groups excluding carboxylic acids is 2. The molecule has 2 N–H and O–H groups in total. The average Bonchev–Trinajstić information content (AvgIpc) is 3.61. The van der Waals surface area contributed by atoms with E-state index in [-0.39, 0.29) is 57.4 Å². The lowest BCUT2D eigenvalue weighted by Crippen LogP contribution is -2.67. The fraction of sp³-hybridized carbons (Fsp3) is 0.914. The minimum atomic E-state index is -0.665. The van der Waals surface area contributed by atoms with Gasteiger partial charge in [0.15, 0.2) is 0 Å². The number of ketones is 1. The maximum Gasteiger partial charge on any atom is 0.407 e. The van der Waals surface area contributed by atoms with Crippen LogP contribution in [0.15, 0.2) is 0 Å². The molecule has 0 radical (unpaired) electrons. The number of alkyl carbamates (subject to hydrolysis) is 1. The third kappa shape index (κ3) is 4.03. The standard InChI is InChI=1S/C35H55NO5/c1-20(21(2)37)23-12-17-35(29(38)39)19-18-33(6)24(28(23)35)10-11-26-32(5)15-14-27(41-30(40)36-22-8-9-22)31(3,4)25(32)13-16-34(26,33)7/h20,22-28H,8-19H2,1-7H3,(H,36,40)(H,38,39)/t20?,23-,24?,25?,26?,27+,28?,32-,33+,34+,35-/m0/s1. The summed E-state index contributed by atoms with van der Waals surface area (Å²) in [5, 5.41) is 13.7. The Morgan fingerprint density at radius 3 is 2.15 bits per heavy atom. The van der Waals surface area contributed by atoms with Gasteiger partial charge in [0, 0.05) is 17.4 Å². The lowest BCUT2D eigenvalue weighted by molar-refractivity contribution is -0.249. The van der Waals surface area contributed by atoms with Crippen LogP contribution in [-0.2, 0) is 14.3 Å². The zero-order chi connectivity index (χ0) is 29.8. The molecule has 6 fully saturated rings. The Labute approximate surface area is 247 Å². The first-order chi connectivity index (χ1) is 19.1. The van der Waals surface area contributed by atoms with Crippen molar-refractivity contribution in [1.82, 2.24) is 5.32 Å². The van der Waals surface area contributed by atoms with Gasteiger partial charge in [-0.25, -0.2) is 4.79 Å². The molecule has 0 aromatic rings. The first kappa shape index (κ1) is 29.5. The molecule has 1 amide bonds. The molecule has 11 atom stereocenters. The first-order valence-corrected chi connectivity index (χ1v) is 16.8. The zero-order valence-electron chi connectivity index (χ0n) is 26.7. The normalized spacial score (nSPS) is 49.0. The van der Waals surface area contributed by atoms with E-state index in [1.807, 2.05) is 0 Å². The number of ether oxygens (including phenoxy) is 1. The molecule has 230 valence electrons. The molecule has 6 rings (SSSR count). The number of carboxylic acids is 1. The van der Waals surface area contributed by atoms with Gasteiger partial charge in [-0.2, -0.15) is 0 Å². The molecule has 0 saturated heterocycles. The summed E-state index contributed by atoms with van der Waals surface area (Å²) in [5.41, 5.74) is -0.396. The summed E-state index contributed by atoms with van der Waals surface area (Å²) in [5.74, 6) is 1.19. The second-order valence-corrected chi connectivity index (χ2v) is 16.9. The lowest BCUT2D eigenvalue weighted by Gasteiger charge is -2.72. The van der Waals surface area contributed by atoms with E-state index in [0.717, 1.165) is 77.0 Å². The van der Waals surface area contributed by atoms with Crippen LogP contribution >= 0.6 is 0 Å². The summed E-state index contributed by atoms with van der Waals surface area (Å²) < 4.78 is 6.12. The summed E-state index contributed by atoms with van der Waals surface area (Å²) in [4.78, 5) is 38.3. The van der Waals surface area contributed by atoms with E-state index in [1.54, 1.807) is 6.92 Å². The number of fused-ring (bicyclic) bond motifs is 7. The number of nitrogens with one attached hydrogen (secondary N) is 1. The summed E-state index contributed by atoms with van der Waals surface area (Å²) in [6.07, 6.45) is 11.6. The number of aliphatic carboxylic acids is 1. The number of amides is 1. The Balaban J connectivity index is 1.30. The minimum Gasteiger partial charge on any atom is -0.481 e. The van der Waals surface area contributed by atoms with Crippen molar-refractivity contribution >= 4 is 17.8 Å². The number of hydrogen-bond acceptors (Lipinski definition) is 4. The molecule has 6 aliphatic carbocycles. The first-order valence-electron chi connectivity index (χ1n) is 16.8. The molecule has 0 aromatic heterocycles. The lowest BCUT2D eigenvalue weighted by atomic mass is 9.32. The largest absolute Gasteiger partial charge is 0.481 e. The van der Waals surface area contributed by atoms with Crippen molar-refractivity contribution in [3.05, 3.63) is 0 Å². The van der Waals surface area contributed by atoms with E-state index >= 15 is 0 Å². The Morgan fingerprint density at radius 1 is 0.805 bits per heavy atom. The molecule has 0 spiro atoms. The summed E-state index contributed by atoms with van der Waals surface area (Å²) in [6, 6.07) is 0.305. The van der Waals surface area contributed by atoms with Crippen LogP contribution in [0.4, 0.5) is 4.79 Å². The predicted molar refractivity (Wildman–Crippen MR) is 158 cm³/mol. The van der Waals surface area contributed by atoms with Crippen LogP contribution < -0.4 is 5.32 Å². The molecule has 0 heterocycles. The molecule has 5 unspecified atom stereocenters. The quantitative estimate of drug-likeness (QED) is 0.355. The second kappa shape index (κ2) is 9.45. The van der Waals surface area contributed by atoms with Crippen LogP contribution in [0.3, 0.4) is 0 Å². The van der Waals surface area contributed by atoms with E-state index in [1.165, 1.54) is 0 Å². The van der Waals surface area contributed by atoms with Crippen molar-refractivity contribution in [2.75, 3.05) is 0 Å². The molecule has 6 nitrogen and oxygen atoms in total. The van der Waals surface area contributed by atoms with Crippen molar-refractivity contribution < 1.29 is 24.2 Å². The van der Waals surface area contributed by atoms with Gasteiger partial charge >= 0.3 is 12.1 Å². The van der Waals surface area contributed by atoms with Crippen molar-refractivity contribution in [1.29, 1.82) is 0 Å². The van der Waals surface area contributed by atoms with Crippen LogP contribution in [-0.4, -0.2) is 35.1 Å². The SMILES string of the molecule is CC(=O)C(C)[C@@H]1CC[C@]2(C(=O)O)CC[C@]3(C)C(CCC4[C@@]5(C)CC[C@@H](OC(=O)NC6CC6)C(C)(C)C5CC[C@]43C)C12. The monoisotopic (exact) mass is 569 g/mol. The van der Waals surface area contributed by atoms with Crippen molar-refractivity contribution in [2.24, 2.45) is 62.6 Å². The van der Waals surface area contributed by atoms with Crippen LogP contribution in [0.25, 0.3) is 0 Å². The van der Waals surface area contributed by atoms with E-state index in [9.17, 15) is 19.5 Å². The van der Waals surface area contributed by atoms with Crippen molar-refractivity contribution in [3.8, 4) is 0 Å². The van der Waals surface area contributed by atoms with Crippen LogP contribution in [0.1, 0.15) is 126 Å². The molecule has 0 bridgehead atoms. The van der Waals surface area contributed by atoms with Gasteiger partial charge in [0.2, 0.25) is 0 Å². The number of Topliss-reactive ketones (excluding diaryl/α,β-unsaturated/α-hetero) is 1. The number of carboxylic acid groups (broad SMARTS) is 1. The summed E-state index contributed by atoms with van der Waals surface area (Å²) in [6.45, 7) is 16.1. The van der Waals surface area contributed by atoms with E-state index in [4.69, 9.17) is 4.74 Å². The second-order valence-electron chi connectivity index (χ2n) is 16.9. The van der Waals surface area contributed by atoms with Gasteiger partial charge in [0.25, 0.3) is 0 Å². The molecule has 0 aliphatic heterocycles. The Morgan fingerprint density at radius 2 is 1.51 bits per heavy atom. The smallest absolute Gasteiger partial charge is 0.407 e. The van der Waals surface area contributed by atoms with E-state index < -0.39 is 11.4 Å². The highest BCUT2D eigenvalue weighted by Crippen LogP contribution is 2.77. The van der Waals surface area contributed by atoms with Gasteiger partial charge in [-0.1, -0.05) is 41.5 Å². The highest BCUT2D eigenvalue weighted by atomic mass is 16.6. The van der Waals surface area contributed by atoms with Crippen LogP contribution in [0.2, 0.25) is 0 Å². The number of carbonyl (C=O) groups is 3. The topological polar surface area (TPSA) is 92.7 Å². The summed E-state index contributed by atoms with van der Waals surface area (Å²) >= 11 is 0. The highest BCUT2D eigenvalue weighted by molar-refractivity contribution is 5.80. The van der Waals surface area contributed by atoms with Gasteiger partial charge < -0.3 is 15.2 Å². The number of rotatable bonds is 5. The van der Waals surface area contributed by atoms with Gasteiger partial charge in [-0.05, 0) is 130 Å². The Bertz CT molecular complexity index is 1110. The fourth-order valence-corrected chi connectivity index (χ4v) is 12.6. The van der Waals surface area contributed by atoms with Crippen LogP contribution in [0.5, 0.6) is 0 Å². The predicted octanol–water partition coefficient (Wildman–Crippen LogP) is 7.63. The molecule has 0 aromatic carbocycles. The molecule has 6 heteroatoms. The number of hydrogen-bond donors (Lipinski definition) is 2. The Hall–Kier alpha value is -1.59. The maximum absolute atomic E-state index is 13.0. The molecular weight excluding hydrogens is 514 g/mol. The summed E-state index contributed by atoms with van der Waals surface area (Å²) in [7, 11) is 0. The maximum atomic E-state index is 13.0. The zero-order valence-corrected chi connectivity index (χ0v) is 26.7. The van der Waals surface area contributed by atoms with Crippen molar-refractivity contribution in [2.45, 2.75) is 138 Å². The molecule has 6 aliphatic rings. The minimum absolute atomic E-state index is 0.0613. The van der Waals surface area contributed by atoms with Crippen LogP contribution in [0, 0.1) is 62.6 Å². The Kier molecular flexibility index (Phi) is 6.80. The third-order valence-electron chi connectivity index (χ3n) is 15.3. The third-order valence-corrected chi connectivity index (χ3v) is 15.3. The highest BCUT2D eigenvalue weighted by Gasteiger charge is 2.72. The van der Waals surface area contributed by atoms with Gasteiger partial charge in [0.1, 0.15) is 11.9 Å². The van der Waals surface area contributed by atoms with E-state index in [0.29, 0.717) is 23.8 Å². The molecular formula is C35H55NO5. The van der Waals surface area contributed by atoms with Gasteiger partial charge in [0.05, 0.1) is 5.41 Å². The molecule has 6 saturated carbocycles. The fourth-order valence-electron chi connectivity index (χ4n) is 12.6. The van der Waals surface area contributed by atoms with Gasteiger partial charge in [-0.15, -0.1) is 0 Å². The average molecular weight is 570 g/mol. The molecule has 41 heavy (non-hydrogen) atoms. The van der Waals surface area contributed by atoms with Gasteiger partial charge in [-0.3, -0.25) is 9.59 Å².